The van der Waals surface area contributed by atoms with Gasteiger partial charge in [0.25, 0.3) is 0 Å². The van der Waals surface area contributed by atoms with Crippen LogP contribution in [0.25, 0.3) is 0 Å². The fraction of sp³-hybridized carbons (Fsp3) is 0. The summed E-state index contributed by atoms with van der Waals surface area (Å²) in [5.74, 6) is 0.144. The molecule has 3 aromatic rings. The minimum absolute atomic E-state index is 0.351. The molecule has 0 spiro atoms. The fourth-order valence-electron chi connectivity index (χ4n) is 1.56. The molecule has 3 rings (SSSR count). The molecule has 6 nitrogen and oxygen atoms in total. The highest BCUT2D eigenvalue weighted by Gasteiger charge is 2.08. The minimum Gasteiger partial charge on any atom is -0.422 e. The van der Waals surface area contributed by atoms with Gasteiger partial charge in [-0.05, 0) is 41.3 Å². The highest BCUT2D eigenvalue weighted by molar-refractivity contribution is 7.12. The Bertz CT molecular complexity index is 734. The molecular formula is C14H10N4O2S. The van der Waals surface area contributed by atoms with Gasteiger partial charge in [0.1, 0.15) is 23.3 Å². The normalized spacial score (nSPS) is 10.9. The Morgan fingerprint density at radius 2 is 1.95 bits per heavy atom. The van der Waals surface area contributed by atoms with E-state index in [9.17, 15) is 4.79 Å². The Labute approximate surface area is 124 Å². The molecule has 2 heterocycles. The minimum atomic E-state index is -0.351. The van der Waals surface area contributed by atoms with Crippen LogP contribution in [-0.4, -0.2) is 27.1 Å². The summed E-state index contributed by atoms with van der Waals surface area (Å²) in [6.07, 6.45) is 4.65. The van der Waals surface area contributed by atoms with E-state index in [4.69, 9.17) is 4.74 Å². The van der Waals surface area contributed by atoms with Crippen LogP contribution in [0.15, 0.2) is 59.5 Å². The molecule has 21 heavy (non-hydrogen) atoms. The van der Waals surface area contributed by atoms with Crippen molar-refractivity contribution in [3.8, 4) is 5.75 Å². The third-order valence-corrected chi connectivity index (χ3v) is 3.41. The lowest BCUT2D eigenvalue weighted by atomic mass is 10.2. The Balaban J connectivity index is 1.65. The second-order valence-corrected chi connectivity index (χ2v) is 4.97. The van der Waals surface area contributed by atoms with Crippen LogP contribution < -0.4 is 4.74 Å². The SMILES string of the molecule is O=C(Oc1ccc(/C=N\n2cnnc2)cc1)c1cccs1. The van der Waals surface area contributed by atoms with E-state index in [0.717, 1.165) is 5.56 Å². The Hall–Kier alpha value is -2.80. The third-order valence-electron chi connectivity index (χ3n) is 2.56. The molecule has 104 valence electrons. The van der Waals surface area contributed by atoms with Gasteiger partial charge in [0.2, 0.25) is 0 Å². The Morgan fingerprint density at radius 3 is 2.62 bits per heavy atom. The van der Waals surface area contributed by atoms with E-state index >= 15 is 0 Å². The molecule has 0 N–H and O–H groups in total. The molecule has 0 bridgehead atoms. The van der Waals surface area contributed by atoms with E-state index in [2.05, 4.69) is 15.3 Å². The van der Waals surface area contributed by atoms with Crippen LogP contribution in [-0.2, 0) is 0 Å². The average Bonchev–Trinajstić information content (AvgIpc) is 3.20. The number of esters is 1. The van der Waals surface area contributed by atoms with Crippen molar-refractivity contribution < 1.29 is 9.53 Å². The fourth-order valence-corrected chi connectivity index (χ4v) is 2.16. The summed E-state index contributed by atoms with van der Waals surface area (Å²) >= 11 is 1.35. The molecule has 0 unspecified atom stereocenters. The van der Waals surface area contributed by atoms with Gasteiger partial charge in [0.05, 0.1) is 6.21 Å². The molecule has 0 amide bonds. The van der Waals surface area contributed by atoms with Gasteiger partial charge in [-0.15, -0.1) is 21.5 Å². The number of hydrogen-bond donors (Lipinski definition) is 0. The molecule has 0 atom stereocenters. The first-order chi connectivity index (χ1) is 10.3. The molecule has 0 saturated carbocycles. The van der Waals surface area contributed by atoms with Crippen LogP contribution in [0.1, 0.15) is 15.2 Å². The molecule has 0 radical (unpaired) electrons. The summed E-state index contributed by atoms with van der Waals surface area (Å²) in [4.78, 5) is 12.4. The maximum atomic E-state index is 11.8. The first-order valence-electron chi connectivity index (χ1n) is 6.06. The van der Waals surface area contributed by atoms with E-state index in [1.54, 1.807) is 24.4 Å². The number of thiophene rings is 1. The second-order valence-electron chi connectivity index (χ2n) is 4.02. The van der Waals surface area contributed by atoms with Crippen molar-refractivity contribution >= 4 is 23.5 Å². The first-order valence-corrected chi connectivity index (χ1v) is 6.94. The van der Waals surface area contributed by atoms with Crippen molar-refractivity contribution in [2.75, 3.05) is 0 Å². The lowest BCUT2D eigenvalue weighted by molar-refractivity contribution is 0.0740. The van der Waals surface area contributed by atoms with Crippen LogP contribution in [0.3, 0.4) is 0 Å². The molecule has 0 aliphatic heterocycles. The van der Waals surface area contributed by atoms with Crippen molar-refractivity contribution in [2.24, 2.45) is 5.10 Å². The van der Waals surface area contributed by atoms with Crippen LogP contribution in [0.2, 0.25) is 0 Å². The number of aromatic nitrogens is 3. The maximum Gasteiger partial charge on any atom is 0.353 e. The highest BCUT2D eigenvalue weighted by atomic mass is 32.1. The van der Waals surface area contributed by atoms with E-state index in [-0.39, 0.29) is 5.97 Å². The monoisotopic (exact) mass is 298 g/mol. The standard InChI is InChI=1S/C14H10N4O2S/c19-14(13-2-1-7-21-13)20-12-5-3-11(4-6-12)8-17-18-9-15-16-10-18/h1-10H/b17-8-. The molecular weight excluding hydrogens is 288 g/mol. The number of hydrogen-bond acceptors (Lipinski definition) is 6. The first kappa shape index (κ1) is 13.2. The molecule has 2 aromatic heterocycles. The topological polar surface area (TPSA) is 69.4 Å². The van der Waals surface area contributed by atoms with Gasteiger partial charge >= 0.3 is 5.97 Å². The van der Waals surface area contributed by atoms with Crippen LogP contribution in [0.4, 0.5) is 0 Å². The van der Waals surface area contributed by atoms with Gasteiger partial charge in [0.15, 0.2) is 0 Å². The van der Waals surface area contributed by atoms with Crippen LogP contribution in [0.5, 0.6) is 5.75 Å². The average molecular weight is 298 g/mol. The zero-order chi connectivity index (χ0) is 14.5. The van der Waals surface area contributed by atoms with Gasteiger partial charge < -0.3 is 4.74 Å². The van der Waals surface area contributed by atoms with E-state index in [0.29, 0.717) is 10.6 Å². The third kappa shape index (κ3) is 3.40. The molecule has 7 heteroatoms. The predicted octanol–water partition coefficient (Wildman–Crippen LogP) is 2.44. The van der Waals surface area contributed by atoms with E-state index in [1.807, 2.05) is 23.6 Å². The Morgan fingerprint density at radius 1 is 1.19 bits per heavy atom. The highest BCUT2D eigenvalue weighted by Crippen LogP contribution is 2.16. The van der Waals surface area contributed by atoms with Crippen molar-refractivity contribution in [3.05, 3.63) is 64.9 Å². The Kier molecular flexibility index (Phi) is 3.83. The van der Waals surface area contributed by atoms with E-state index < -0.39 is 0 Å². The van der Waals surface area contributed by atoms with Gasteiger partial charge in [-0.3, -0.25) is 0 Å². The lowest BCUT2D eigenvalue weighted by Gasteiger charge is -2.02. The number of benzene rings is 1. The molecule has 1 aromatic carbocycles. The summed E-state index contributed by atoms with van der Waals surface area (Å²) in [6.45, 7) is 0. The molecule has 0 aliphatic rings. The number of ether oxygens (including phenoxy) is 1. The number of carbonyl (C=O) groups excluding carboxylic acids is 1. The largest absolute Gasteiger partial charge is 0.422 e. The summed E-state index contributed by atoms with van der Waals surface area (Å²) in [5, 5.41) is 13.3. The summed E-state index contributed by atoms with van der Waals surface area (Å²) in [6, 6.07) is 10.6. The number of nitrogens with zero attached hydrogens (tertiary/aromatic N) is 4. The molecule has 0 aliphatic carbocycles. The van der Waals surface area contributed by atoms with Crippen LogP contribution in [0, 0.1) is 0 Å². The quantitative estimate of drug-likeness (QED) is 0.421. The van der Waals surface area contributed by atoms with Crippen LogP contribution >= 0.6 is 11.3 Å². The lowest BCUT2D eigenvalue weighted by Crippen LogP contribution is -2.06. The van der Waals surface area contributed by atoms with Gasteiger partial charge in [-0.2, -0.15) is 5.10 Å². The van der Waals surface area contributed by atoms with Gasteiger partial charge in [-0.25, -0.2) is 9.47 Å². The van der Waals surface area contributed by atoms with Gasteiger partial charge in [-0.1, -0.05) is 6.07 Å². The van der Waals surface area contributed by atoms with Crippen molar-refractivity contribution in [3.63, 3.8) is 0 Å². The summed E-state index contributed by atoms with van der Waals surface area (Å²) in [5.41, 5.74) is 0.875. The summed E-state index contributed by atoms with van der Waals surface area (Å²) in [7, 11) is 0. The zero-order valence-corrected chi connectivity index (χ0v) is 11.6. The summed E-state index contributed by atoms with van der Waals surface area (Å²) < 4.78 is 6.76. The van der Waals surface area contributed by atoms with E-state index in [1.165, 1.54) is 28.7 Å². The maximum absolute atomic E-state index is 11.8. The number of rotatable bonds is 4. The van der Waals surface area contributed by atoms with Crippen molar-refractivity contribution in [2.45, 2.75) is 0 Å². The van der Waals surface area contributed by atoms with Crippen molar-refractivity contribution in [1.82, 2.24) is 14.9 Å². The zero-order valence-electron chi connectivity index (χ0n) is 10.8. The predicted molar refractivity (Wildman–Crippen MR) is 78.7 cm³/mol. The van der Waals surface area contributed by atoms with Gasteiger partial charge in [0, 0.05) is 0 Å². The second kappa shape index (κ2) is 6.10. The molecule has 0 saturated heterocycles. The number of carbonyl (C=O) groups is 1. The smallest absolute Gasteiger partial charge is 0.353 e. The van der Waals surface area contributed by atoms with Crippen molar-refractivity contribution in [1.29, 1.82) is 0 Å². The molecule has 0 fully saturated rings.